The van der Waals surface area contributed by atoms with Crippen LogP contribution in [0.2, 0.25) is 0 Å². The van der Waals surface area contributed by atoms with Gasteiger partial charge >= 0.3 is 0 Å². The maximum Gasteiger partial charge on any atom is 0.248 e. The van der Waals surface area contributed by atoms with Gasteiger partial charge in [-0.1, -0.05) is 12.0 Å². The standard InChI is InChI=1S/C17H14N2OS/c1-3-5-12-7-8-14-13(10-12)17(15-6-4-9-21-15)18-11-16(20)19(14)2/h4,6-10H,11H2,1-2H3. The Bertz CT molecular complexity index is 779. The van der Waals surface area contributed by atoms with Gasteiger partial charge in [0.25, 0.3) is 0 Å². The Kier molecular flexibility index (Phi) is 3.59. The van der Waals surface area contributed by atoms with E-state index < -0.39 is 0 Å². The third-order valence-corrected chi connectivity index (χ3v) is 4.26. The summed E-state index contributed by atoms with van der Waals surface area (Å²) < 4.78 is 0. The first-order valence-corrected chi connectivity index (χ1v) is 7.50. The maximum atomic E-state index is 12.1. The highest BCUT2D eigenvalue weighted by Gasteiger charge is 2.23. The molecule has 0 atom stereocenters. The number of carbonyl (C=O) groups excluding carboxylic acids is 1. The molecule has 1 aromatic carbocycles. The largest absolute Gasteiger partial charge is 0.313 e. The normalized spacial score (nSPS) is 13.9. The number of likely N-dealkylation sites (N-methyl/N-ethyl adjacent to an activating group) is 1. The smallest absolute Gasteiger partial charge is 0.248 e. The van der Waals surface area contributed by atoms with Gasteiger partial charge in [-0.15, -0.1) is 17.3 Å². The number of benzene rings is 1. The SMILES string of the molecule is CC#Cc1ccc2c(c1)C(c1cccs1)=NCC(=O)N2C. The van der Waals surface area contributed by atoms with Gasteiger partial charge in [0, 0.05) is 18.2 Å². The molecular weight excluding hydrogens is 280 g/mol. The summed E-state index contributed by atoms with van der Waals surface area (Å²) in [6.45, 7) is 1.99. The highest BCUT2D eigenvalue weighted by molar-refractivity contribution is 7.12. The number of benzodiazepines with no additional fused rings is 1. The van der Waals surface area contributed by atoms with Gasteiger partial charge in [0.2, 0.25) is 5.91 Å². The van der Waals surface area contributed by atoms with E-state index in [0.29, 0.717) is 0 Å². The average Bonchev–Trinajstić information content (AvgIpc) is 2.97. The van der Waals surface area contributed by atoms with Crippen LogP contribution in [0.15, 0.2) is 40.7 Å². The Morgan fingerprint density at radius 3 is 2.90 bits per heavy atom. The van der Waals surface area contributed by atoms with Crippen molar-refractivity contribution in [2.45, 2.75) is 6.92 Å². The third-order valence-electron chi connectivity index (χ3n) is 3.38. The molecule has 0 N–H and O–H groups in total. The number of aliphatic imine (C=N–C) groups is 1. The Morgan fingerprint density at radius 1 is 1.33 bits per heavy atom. The van der Waals surface area contributed by atoms with Crippen LogP contribution in [-0.2, 0) is 4.79 Å². The van der Waals surface area contributed by atoms with Gasteiger partial charge < -0.3 is 4.90 Å². The predicted molar refractivity (Wildman–Crippen MR) is 87.2 cm³/mol. The van der Waals surface area contributed by atoms with Gasteiger partial charge in [-0.2, -0.15) is 0 Å². The minimum absolute atomic E-state index is 0.00266. The van der Waals surface area contributed by atoms with E-state index in [1.165, 1.54) is 0 Å². The van der Waals surface area contributed by atoms with Gasteiger partial charge in [0.15, 0.2) is 0 Å². The molecule has 0 bridgehead atoms. The summed E-state index contributed by atoms with van der Waals surface area (Å²) in [4.78, 5) is 19.4. The zero-order chi connectivity index (χ0) is 14.8. The van der Waals surface area contributed by atoms with Crippen LogP contribution in [0, 0.1) is 11.8 Å². The molecular formula is C17H14N2OS. The molecule has 0 saturated heterocycles. The fraction of sp³-hybridized carbons (Fsp3) is 0.176. The number of hydrogen-bond donors (Lipinski definition) is 0. The second kappa shape index (κ2) is 5.55. The van der Waals surface area contributed by atoms with Gasteiger partial charge in [0.1, 0.15) is 6.54 Å². The molecule has 1 aromatic heterocycles. The summed E-state index contributed by atoms with van der Waals surface area (Å²) in [7, 11) is 1.79. The van der Waals surface area contributed by atoms with Crippen molar-refractivity contribution in [1.82, 2.24) is 0 Å². The lowest BCUT2D eigenvalue weighted by Gasteiger charge is -2.17. The van der Waals surface area contributed by atoms with Crippen LogP contribution in [0.3, 0.4) is 0 Å². The second-order valence-electron chi connectivity index (χ2n) is 4.70. The van der Waals surface area contributed by atoms with Gasteiger partial charge in [-0.3, -0.25) is 9.79 Å². The van der Waals surface area contributed by atoms with Crippen LogP contribution < -0.4 is 4.90 Å². The molecule has 0 aliphatic carbocycles. The lowest BCUT2D eigenvalue weighted by molar-refractivity contribution is -0.116. The van der Waals surface area contributed by atoms with Crippen molar-refractivity contribution in [3.05, 3.63) is 51.7 Å². The first-order chi connectivity index (χ1) is 10.2. The maximum absolute atomic E-state index is 12.1. The number of amides is 1. The topological polar surface area (TPSA) is 32.7 Å². The molecule has 2 heterocycles. The van der Waals surface area contributed by atoms with Crippen molar-refractivity contribution in [2.24, 2.45) is 4.99 Å². The van der Waals surface area contributed by atoms with Crippen molar-refractivity contribution in [3.63, 3.8) is 0 Å². The fourth-order valence-corrected chi connectivity index (χ4v) is 3.08. The molecule has 0 fully saturated rings. The number of hydrogen-bond acceptors (Lipinski definition) is 3. The number of fused-ring (bicyclic) bond motifs is 1. The van der Waals surface area contributed by atoms with Crippen LogP contribution in [0.4, 0.5) is 5.69 Å². The van der Waals surface area contributed by atoms with E-state index in [9.17, 15) is 4.79 Å². The van der Waals surface area contributed by atoms with Crippen LogP contribution in [0.5, 0.6) is 0 Å². The molecule has 4 heteroatoms. The Labute approximate surface area is 127 Å². The molecule has 21 heavy (non-hydrogen) atoms. The zero-order valence-electron chi connectivity index (χ0n) is 11.9. The second-order valence-corrected chi connectivity index (χ2v) is 5.65. The molecule has 3 nitrogen and oxygen atoms in total. The highest BCUT2D eigenvalue weighted by atomic mass is 32.1. The molecule has 0 unspecified atom stereocenters. The summed E-state index contributed by atoms with van der Waals surface area (Å²) in [6, 6.07) is 9.92. The number of rotatable bonds is 1. The van der Waals surface area contributed by atoms with Crippen molar-refractivity contribution in [2.75, 3.05) is 18.5 Å². The first kappa shape index (κ1) is 13.6. The van der Waals surface area contributed by atoms with Crippen LogP contribution >= 0.6 is 11.3 Å². The monoisotopic (exact) mass is 294 g/mol. The first-order valence-electron chi connectivity index (χ1n) is 6.63. The van der Waals surface area contributed by atoms with E-state index in [1.807, 2.05) is 42.6 Å². The van der Waals surface area contributed by atoms with Crippen LogP contribution in [0.1, 0.15) is 22.9 Å². The zero-order valence-corrected chi connectivity index (χ0v) is 12.7. The number of thiophene rings is 1. The van der Waals surface area contributed by atoms with Crippen LogP contribution in [-0.4, -0.2) is 25.2 Å². The lowest BCUT2D eigenvalue weighted by atomic mass is 10.0. The van der Waals surface area contributed by atoms with E-state index in [4.69, 9.17) is 0 Å². The predicted octanol–water partition coefficient (Wildman–Crippen LogP) is 2.93. The quantitative estimate of drug-likeness (QED) is 0.744. The molecule has 0 radical (unpaired) electrons. The van der Waals surface area contributed by atoms with Crippen molar-refractivity contribution >= 4 is 28.6 Å². The molecule has 1 aliphatic rings. The third kappa shape index (κ3) is 2.48. The Hall–Kier alpha value is -2.38. The van der Waals surface area contributed by atoms with Crippen molar-refractivity contribution in [3.8, 4) is 11.8 Å². The number of anilines is 1. The molecule has 1 aliphatic heterocycles. The van der Waals surface area contributed by atoms with E-state index in [2.05, 4.69) is 16.8 Å². The number of nitrogens with zero attached hydrogens (tertiary/aromatic N) is 2. The molecule has 0 saturated carbocycles. The summed E-state index contributed by atoms with van der Waals surface area (Å²) in [5, 5.41) is 2.02. The molecule has 104 valence electrons. The summed E-state index contributed by atoms with van der Waals surface area (Å²) in [5.41, 5.74) is 3.65. The van der Waals surface area contributed by atoms with Gasteiger partial charge in [-0.25, -0.2) is 0 Å². The molecule has 1 amide bonds. The van der Waals surface area contributed by atoms with Gasteiger partial charge in [0.05, 0.1) is 16.3 Å². The average molecular weight is 294 g/mol. The summed E-state index contributed by atoms with van der Waals surface area (Å²) in [5.74, 6) is 5.97. The Balaban J connectivity index is 2.23. The van der Waals surface area contributed by atoms with Gasteiger partial charge in [-0.05, 0) is 36.6 Å². The highest BCUT2D eigenvalue weighted by Crippen LogP contribution is 2.28. The molecule has 3 rings (SSSR count). The molecule has 2 aromatic rings. The van der Waals surface area contributed by atoms with Crippen molar-refractivity contribution in [1.29, 1.82) is 0 Å². The van der Waals surface area contributed by atoms with E-state index in [0.717, 1.165) is 27.4 Å². The minimum Gasteiger partial charge on any atom is -0.313 e. The molecule has 0 spiro atoms. The van der Waals surface area contributed by atoms with E-state index in [-0.39, 0.29) is 12.5 Å². The van der Waals surface area contributed by atoms with E-state index in [1.54, 1.807) is 23.3 Å². The van der Waals surface area contributed by atoms with E-state index >= 15 is 0 Å². The van der Waals surface area contributed by atoms with Crippen LogP contribution in [0.25, 0.3) is 0 Å². The summed E-state index contributed by atoms with van der Waals surface area (Å²) in [6.07, 6.45) is 0. The number of carbonyl (C=O) groups is 1. The van der Waals surface area contributed by atoms with Crippen molar-refractivity contribution < 1.29 is 4.79 Å². The minimum atomic E-state index is -0.00266. The Morgan fingerprint density at radius 2 is 2.19 bits per heavy atom. The lowest BCUT2D eigenvalue weighted by Crippen LogP contribution is -2.27. The fourth-order valence-electron chi connectivity index (χ4n) is 2.34. The summed E-state index contributed by atoms with van der Waals surface area (Å²) >= 11 is 1.63.